The second kappa shape index (κ2) is 9.75. The lowest BCUT2D eigenvalue weighted by atomic mass is 10.0. The minimum absolute atomic E-state index is 0.159. The third kappa shape index (κ3) is 6.54. The molecule has 0 aromatic rings. The molecule has 0 unspecified atom stereocenters. The van der Waals surface area contributed by atoms with Gasteiger partial charge in [-0.15, -0.1) is 0 Å². The van der Waals surface area contributed by atoms with Crippen LogP contribution in [0.1, 0.15) is 26.2 Å². The van der Waals surface area contributed by atoms with Crippen LogP contribution in [0.4, 0.5) is 0 Å². The van der Waals surface area contributed by atoms with Gasteiger partial charge in [-0.05, 0) is 32.4 Å². The topological polar surface area (TPSA) is 82.3 Å². The largest absolute Gasteiger partial charge is 0.355 e. The summed E-state index contributed by atoms with van der Waals surface area (Å²) < 4.78 is 0. The van der Waals surface area contributed by atoms with E-state index in [1.807, 2.05) is 6.92 Å². The van der Waals surface area contributed by atoms with Gasteiger partial charge in [-0.2, -0.15) is 0 Å². The zero-order valence-corrected chi connectivity index (χ0v) is 11.8. The second-order valence-electron chi connectivity index (χ2n) is 4.75. The molecule has 6 heteroatoms. The molecule has 1 saturated heterocycles. The lowest BCUT2D eigenvalue weighted by molar-refractivity contribution is -0.135. The van der Waals surface area contributed by atoms with Crippen molar-refractivity contribution in [3.63, 3.8) is 0 Å². The van der Waals surface area contributed by atoms with E-state index < -0.39 is 5.92 Å². The van der Waals surface area contributed by atoms with Crippen molar-refractivity contribution in [3.05, 3.63) is 0 Å². The van der Waals surface area contributed by atoms with E-state index in [2.05, 4.69) is 21.3 Å². The van der Waals surface area contributed by atoms with Crippen LogP contribution in [0.5, 0.6) is 0 Å². The van der Waals surface area contributed by atoms with Gasteiger partial charge in [0.25, 0.3) is 0 Å². The summed E-state index contributed by atoms with van der Waals surface area (Å²) in [4.78, 5) is 23.8. The Morgan fingerprint density at radius 2 is 1.32 bits per heavy atom. The van der Waals surface area contributed by atoms with Gasteiger partial charge < -0.3 is 21.3 Å². The molecule has 0 atom stereocenters. The van der Waals surface area contributed by atoms with E-state index >= 15 is 0 Å². The highest BCUT2D eigenvalue weighted by Crippen LogP contribution is 2.03. The summed E-state index contributed by atoms with van der Waals surface area (Å²) >= 11 is 0. The van der Waals surface area contributed by atoms with Crippen LogP contribution < -0.4 is 21.3 Å². The Morgan fingerprint density at radius 3 is 1.74 bits per heavy atom. The van der Waals surface area contributed by atoms with Gasteiger partial charge in [-0.3, -0.25) is 9.59 Å². The number of nitrogens with one attached hydrogen (secondary N) is 4. The maximum Gasteiger partial charge on any atom is 0.232 e. The summed E-state index contributed by atoms with van der Waals surface area (Å²) in [6, 6.07) is 0. The maximum atomic E-state index is 11.9. The van der Waals surface area contributed by atoms with Crippen LogP contribution >= 0.6 is 0 Å². The van der Waals surface area contributed by atoms with E-state index in [1.165, 1.54) is 0 Å². The van der Waals surface area contributed by atoms with E-state index in [1.54, 1.807) is 0 Å². The Labute approximate surface area is 115 Å². The molecule has 0 aromatic heterocycles. The molecule has 0 radical (unpaired) electrons. The summed E-state index contributed by atoms with van der Waals surface area (Å²) in [6.45, 7) is 6.71. The molecule has 1 aliphatic heterocycles. The lowest BCUT2D eigenvalue weighted by Gasteiger charge is -2.15. The molecule has 110 valence electrons. The Kier molecular flexibility index (Phi) is 8.16. The average molecular weight is 270 g/mol. The van der Waals surface area contributed by atoms with Crippen molar-refractivity contribution in [2.45, 2.75) is 26.2 Å². The molecule has 1 rings (SSSR count). The van der Waals surface area contributed by atoms with Gasteiger partial charge >= 0.3 is 0 Å². The van der Waals surface area contributed by atoms with Gasteiger partial charge in [0.1, 0.15) is 5.92 Å². The normalized spacial score (nSPS) is 21.9. The van der Waals surface area contributed by atoms with Gasteiger partial charge in [-0.1, -0.05) is 6.92 Å². The van der Waals surface area contributed by atoms with E-state index in [4.69, 9.17) is 0 Å². The summed E-state index contributed by atoms with van der Waals surface area (Å²) in [5.74, 6) is -0.882. The fourth-order valence-corrected chi connectivity index (χ4v) is 2.01. The van der Waals surface area contributed by atoms with Gasteiger partial charge in [0.15, 0.2) is 0 Å². The molecular formula is C13H26N4O2. The quantitative estimate of drug-likeness (QED) is 0.471. The van der Waals surface area contributed by atoms with Crippen molar-refractivity contribution < 1.29 is 9.59 Å². The zero-order chi connectivity index (χ0) is 13.9. The Morgan fingerprint density at radius 1 is 0.842 bits per heavy atom. The van der Waals surface area contributed by atoms with Crippen molar-refractivity contribution in [1.29, 1.82) is 0 Å². The van der Waals surface area contributed by atoms with Crippen LogP contribution in [0, 0.1) is 5.92 Å². The monoisotopic (exact) mass is 270 g/mol. The predicted octanol–water partition coefficient (Wildman–Crippen LogP) is -0.782. The molecule has 1 aliphatic rings. The number of amides is 2. The standard InChI is InChI=1S/C13H26N4O2/c1-2-11-12(18)16-7-3-5-14-9-10-15-6-4-8-17-13(11)19/h11,14-15H,2-10H2,1H3,(H,16,18)(H,17,19). The molecule has 6 nitrogen and oxygen atoms in total. The maximum absolute atomic E-state index is 11.9. The number of carbonyl (C=O) groups is 2. The zero-order valence-electron chi connectivity index (χ0n) is 11.8. The van der Waals surface area contributed by atoms with Gasteiger partial charge in [0.05, 0.1) is 0 Å². The van der Waals surface area contributed by atoms with Crippen LogP contribution in [0.25, 0.3) is 0 Å². The molecule has 0 aromatic carbocycles. The van der Waals surface area contributed by atoms with Crippen LogP contribution in [-0.4, -0.2) is 51.1 Å². The summed E-state index contributed by atoms with van der Waals surface area (Å²) in [7, 11) is 0. The van der Waals surface area contributed by atoms with E-state index in [-0.39, 0.29) is 11.8 Å². The van der Waals surface area contributed by atoms with Gasteiger partial charge in [0, 0.05) is 26.2 Å². The molecule has 2 amide bonds. The van der Waals surface area contributed by atoms with Crippen molar-refractivity contribution in [1.82, 2.24) is 21.3 Å². The smallest absolute Gasteiger partial charge is 0.232 e. The highest BCUT2D eigenvalue weighted by molar-refractivity contribution is 6.00. The number of hydrogen-bond acceptors (Lipinski definition) is 4. The van der Waals surface area contributed by atoms with Crippen LogP contribution in [0.15, 0.2) is 0 Å². The molecule has 0 bridgehead atoms. The first-order chi connectivity index (χ1) is 9.25. The number of carbonyl (C=O) groups excluding carboxylic acids is 2. The first kappa shape index (κ1) is 15.9. The number of rotatable bonds is 1. The Hall–Kier alpha value is -1.14. The van der Waals surface area contributed by atoms with E-state index in [0.717, 1.165) is 39.0 Å². The molecule has 0 aliphatic carbocycles. The molecule has 0 saturated carbocycles. The molecule has 1 fully saturated rings. The lowest BCUT2D eigenvalue weighted by Crippen LogP contribution is -2.42. The molecule has 0 spiro atoms. The average Bonchev–Trinajstić information content (AvgIpc) is 2.40. The molecular weight excluding hydrogens is 244 g/mol. The molecule has 1 heterocycles. The number of hydrogen-bond donors (Lipinski definition) is 4. The van der Waals surface area contributed by atoms with Gasteiger partial charge in [-0.25, -0.2) is 0 Å². The third-order valence-electron chi connectivity index (χ3n) is 3.18. The van der Waals surface area contributed by atoms with Crippen LogP contribution in [-0.2, 0) is 9.59 Å². The summed E-state index contributed by atoms with van der Waals surface area (Å²) in [5.41, 5.74) is 0. The fourth-order valence-electron chi connectivity index (χ4n) is 2.01. The SMILES string of the molecule is CCC1C(=O)NCCCNCCNCCCNC1=O. The third-order valence-corrected chi connectivity index (χ3v) is 3.18. The van der Waals surface area contributed by atoms with Crippen LogP contribution in [0.2, 0.25) is 0 Å². The molecule has 4 N–H and O–H groups in total. The fraction of sp³-hybridized carbons (Fsp3) is 0.846. The predicted molar refractivity (Wildman–Crippen MR) is 74.8 cm³/mol. The van der Waals surface area contributed by atoms with Crippen molar-refractivity contribution in [3.8, 4) is 0 Å². The first-order valence-corrected chi connectivity index (χ1v) is 7.22. The van der Waals surface area contributed by atoms with E-state index in [0.29, 0.717) is 19.5 Å². The van der Waals surface area contributed by atoms with Gasteiger partial charge in [0.2, 0.25) is 11.8 Å². The highest BCUT2D eigenvalue weighted by Gasteiger charge is 2.23. The summed E-state index contributed by atoms with van der Waals surface area (Å²) in [5, 5.41) is 12.3. The molecule has 19 heavy (non-hydrogen) atoms. The Bertz CT molecular complexity index is 258. The second-order valence-corrected chi connectivity index (χ2v) is 4.75. The minimum Gasteiger partial charge on any atom is -0.355 e. The van der Waals surface area contributed by atoms with Crippen molar-refractivity contribution >= 4 is 11.8 Å². The van der Waals surface area contributed by atoms with Crippen molar-refractivity contribution in [2.24, 2.45) is 5.92 Å². The first-order valence-electron chi connectivity index (χ1n) is 7.22. The Balaban J connectivity index is 2.45. The van der Waals surface area contributed by atoms with E-state index in [9.17, 15) is 9.59 Å². The summed E-state index contributed by atoms with van der Waals surface area (Å²) in [6.07, 6.45) is 2.29. The minimum atomic E-state index is -0.564. The highest BCUT2D eigenvalue weighted by atomic mass is 16.2. The van der Waals surface area contributed by atoms with Crippen LogP contribution in [0.3, 0.4) is 0 Å². The van der Waals surface area contributed by atoms with Crippen molar-refractivity contribution in [2.75, 3.05) is 39.3 Å².